The molecule has 214 valence electrons. The van der Waals surface area contributed by atoms with E-state index in [1.165, 1.54) is 12.1 Å². The molecule has 2 aromatic rings. The molecule has 1 aliphatic heterocycles. The Bertz CT molecular complexity index is 1130. The van der Waals surface area contributed by atoms with E-state index >= 15 is 0 Å². The van der Waals surface area contributed by atoms with Gasteiger partial charge in [-0.1, -0.05) is 24.3 Å². The molecular weight excluding hydrogens is 493 g/mol. The lowest BCUT2D eigenvalue weighted by molar-refractivity contribution is -0.142. The Morgan fingerprint density at radius 3 is 2.26 bits per heavy atom. The zero-order valence-electron chi connectivity index (χ0n) is 24.7. The van der Waals surface area contributed by atoms with Crippen molar-refractivity contribution in [3.05, 3.63) is 65.0 Å². The first kappa shape index (κ1) is 30.8. The van der Waals surface area contributed by atoms with Crippen molar-refractivity contribution in [1.29, 1.82) is 0 Å². The zero-order chi connectivity index (χ0) is 28.9. The molecule has 1 saturated heterocycles. The maximum Gasteiger partial charge on any atom is 0.228 e. The van der Waals surface area contributed by atoms with Gasteiger partial charge in [-0.05, 0) is 104 Å². The van der Waals surface area contributed by atoms with Crippen LogP contribution in [0.3, 0.4) is 0 Å². The third-order valence-electron chi connectivity index (χ3n) is 7.93. The predicted octanol–water partition coefficient (Wildman–Crippen LogP) is 5.34. The molecule has 1 heterocycles. The van der Waals surface area contributed by atoms with Crippen molar-refractivity contribution >= 4 is 11.7 Å². The summed E-state index contributed by atoms with van der Waals surface area (Å²) in [6, 6.07) is 11.3. The predicted molar refractivity (Wildman–Crippen MR) is 155 cm³/mol. The van der Waals surface area contributed by atoms with Gasteiger partial charge >= 0.3 is 0 Å². The van der Waals surface area contributed by atoms with E-state index in [4.69, 9.17) is 0 Å². The first-order valence-electron chi connectivity index (χ1n) is 14.2. The van der Waals surface area contributed by atoms with Crippen molar-refractivity contribution in [1.82, 2.24) is 14.7 Å². The molecule has 0 radical (unpaired) electrons. The third-order valence-corrected chi connectivity index (χ3v) is 7.93. The number of halogens is 1. The summed E-state index contributed by atoms with van der Waals surface area (Å²) in [5.41, 5.74) is 1.60. The van der Waals surface area contributed by atoms with Gasteiger partial charge in [0.05, 0.1) is 5.92 Å². The fourth-order valence-electron chi connectivity index (χ4n) is 6.15. The van der Waals surface area contributed by atoms with Crippen LogP contribution in [0.15, 0.2) is 42.5 Å². The van der Waals surface area contributed by atoms with E-state index in [2.05, 4.69) is 23.9 Å². The van der Waals surface area contributed by atoms with E-state index < -0.39 is 17.8 Å². The number of nitrogens with zero attached hydrogens (tertiary/aromatic N) is 3. The Hall–Kier alpha value is -2.77. The number of unbranched alkanes of at least 4 members (excludes halogenated alkanes) is 1. The number of hydrogen-bond donors (Lipinski definition) is 1. The van der Waals surface area contributed by atoms with Gasteiger partial charge in [0, 0.05) is 42.6 Å². The molecule has 3 atom stereocenters. The molecule has 1 amide bonds. The topological polar surface area (TPSA) is 64.1 Å². The Labute approximate surface area is 233 Å². The van der Waals surface area contributed by atoms with Gasteiger partial charge in [0.1, 0.15) is 11.6 Å². The number of benzene rings is 2. The third kappa shape index (κ3) is 7.46. The van der Waals surface area contributed by atoms with Crippen molar-refractivity contribution in [2.75, 3.05) is 40.3 Å². The zero-order valence-corrected chi connectivity index (χ0v) is 24.7. The quantitative estimate of drug-likeness (QED) is 0.308. The van der Waals surface area contributed by atoms with E-state index in [1.54, 1.807) is 31.2 Å². The molecule has 1 N–H and O–H groups in total. The molecule has 0 aromatic heterocycles. The summed E-state index contributed by atoms with van der Waals surface area (Å²) >= 11 is 0. The monoisotopic (exact) mass is 539 g/mol. The normalized spacial score (nSPS) is 20.1. The number of rotatable bonds is 11. The van der Waals surface area contributed by atoms with Crippen molar-refractivity contribution in [3.63, 3.8) is 0 Å². The van der Waals surface area contributed by atoms with Gasteiger partial charge in [-0.15, -0.1) is 0 Å². The minimum atomic E-state index is -0.565. The summed E-state index contributed by atoms with van der Waals surface area (Å²) in [6.07, 6.45) is 1.97. The van der Waals surface area contributed by atoms with Crippen LogP contribution in [0.4, 0.5) is 4.39 Å². The van der Waals surface area contributed by atoms with E-state index in [-0.39, 0.29) is 35.3 Å². The lowest BCUT2D eigenvalue weighted by Gasteiger charge is -2.46. The summed E-state index contributed by atoms with van der Waals surface area (Å²) < 4.78 is 14.9. The Balaban J connectivity index is 2.11. The summed E-state index contributed by atoms with van der Waals surface area (Å²) in [5.74, 6) is -2.00. The number of piperidine rings is 1. The highest BCUT2D eigenvalue weighted by Crippen LogP contribution is 2.42. The minimum absolute atomic E-state index is 0.000335. The molecule has 0 saturated carbocycles. The molecule has 2 aromatic carbocycles. The van der Waals surface area contributed by atoms with Crippen molar-refractivity contribution in [2.24, 2.45) is 11.8 Å². The van der Waals surface area contributed by atoms with Crippen molar-refractivity contribution in [3.8, 4) is 5.75 Å². The van der Waals surface area contributed by atoms with E-state index in [0.29, 0.717) is 29.8 Å². The van der Waals surface area contributed by atoms with Crippen LogP contribution in [-0.2, 0) is 4.79 Å². The molecule has 0 spiro atoms. The molecule has 7 heteroatoms. The van der Waals surface area contributed by atoms with Crippen LogP contribution in [0, 0.1) is 24.6 Å². The Morgan fingerprint density at radius 2 is 1.64 bits per heavy atom. The second kappa shape index (κ2) is 13.5. The van der Waals surface area contributed by atoms with E-state index in [9.17, 15) is 19.1 Å². The second-order valence-corrected chi connectivity index (χ2v) is 11.8. The highest BCUT2D eigenvalue weighted by molar-refractivity contribution is 5.99. The number of amides is 1. The van der Waals surface area contributed by atoms with Crippen molar-refractivity contribution in [2.45, 2.75) is 65.5 Å². The number of Topliss-reactive ketones (excluding diaryl/α,β-unsaturated/α-hetero) is 1. The van der Waals surface area contributed by atoms with Crippen LogP contribution in [-0.4, -0.2) is 83.9 Å². The van der Waals surface area contributed by atoms with E-state index in [1.807, 2.05) is 38.7 Å². The standard InChI is InChI=1S/C32H46FN3O3/c1-21(2)36(22(3)4)32(39)28-20-35(17-9-8-16-34(6)7)19-27(31(38)24-12-10-13-25(37)18-24)30(28)26-14-11-15-29(33)23(26)5/h10-15,18,21-22,27-28,30,37H,8-9,16-17,19-20H2,1-7H3/t27-,28+,30+/m0/s1. The lowest BCUT2D eigenvalue weighted by Crippen LogP contribution is -2.55. The first-order chi connectivity index (χ1) is 18.4. The molecule has 3 rings (SSSR count). The van der Waals surface area contributed by atoms with Crippen molar-refractivity contribution < 1.29 is 19.1 Å². The lowest BCUT2D eigenvalue weighted by atomic mass is 9.69. The fourth-order valence-corrected chi connectivity index (χ4v) is 6.15. The Morgan fingerprint density at radius 1 is 1.00 bits per heavy atom. The molecule has 0 unspecified atom stereocenters. The van der Waals surface area contributed by atoms with Gasteiger partial charge in [0.15, 0.2) is 5.78 Å². The SMILES string of the molecule is Cc1c(F)cccc1[C@@H]1[C@@H](C(=O)c2cccc(O)c2)CN(CCCCN(C)C)C[C@H]1C(=O)N(C(C)C)C(C)C. The maximum atomic E-state index is 14.9. The second-order valence-electron chi connectivity index (χ2n) is 11.8. The number of phenolic OH excluding ortho intramolecular Hbond substituents is 1. The first-order valence-corrected chi connectivity index (χ1v) is 14.2. The average molecular weight is 540 g/mol. The molecule has 6 nitrogen and oxygen atoms in total. The number of hydrogen-bond acceptors (Lipinski definition) is 5. The summed E-state index contributed by atoms with van der Waals surface area (Å²) in [4.78, 5) is 34.8. The summed E-state index contributed by atoms with van der Waals surface area (Å²) in [7, 11) is 4.11. The fraction of sp³-hybridized carbons (Fsp3) is 0.562. The largest absolute Gasteiger partial charge is 0.508 e. The number of ketones is 1. The van der Waals surface area contributed by atoms with Gasteiger partial charge in [0.25, 0.3) is 0 Å². The van der Waals surface area contributed by atoms with Crippen LogP contribution < -0.4 is 0 Å². The van der Waals surface area contributed by atoms with Crippen LogP contribution in [0.2, 0.25) is 0 Å². The number of carbonyl (C=O) groups excluding carboxylic acids is 2. The highest BCUT2D eigenvalue weighted by atomic mass is 19.1. The van der Waals surface area contributed by atoms with Crippen LogP contribution in [0.1, 0.15) is 67.9 Å². The molecule has 1 aliphatic rings. The van der Waals surface area contributed by atoms with Gasteiger partial charge in [-0.2, -0.15) is 0 Å². The Kier molecular flexibility index (Phi) is 10.7. The van der Waals surface area contributed by atoms with E-state index in [0.717, 1.165) is 25.9 Å². The summed E-state index contributed by atoms with van der Waals surface area (Å²) in [6.45, 7) is 12.5. The molecule has 1 fully saturated rings. The van der Waals surface area contributed by atoms with Crippen LogP contribution in [0.25, 0.3) is 0 Å². The number of likely N-dealkylation sites (tertiary alicyclic amines) is 1. The number of carbonyl (C=O) groups is 2. The summed E-state index contributed by atoms with van der Waals surface area (Å²) in [5, 5.41) is 10.1. The van der Waals surface area contributed by atoms with Gasteiger partial charge in [-0.25, -0.2) is 4.39 Å². The number of phenols is 1. The van der Waals surface area contributed by atoms with Crippen LogP contribution >= 0.6 is 0 Å². The average Bonchev–Trinajstić information content (AvgIpc) is 2.87. The van der Waals surface area contributed by atoms with Gasteiger partial charge < -0.3 is 19.8 Å². The van der Waals surface area contributed by atoms with Gasteiger partial charge in [-0.3, -0.25) is 9.59 Å². The smallest absolute Gasteiger partial charge is 0.228 e. The van der Waals surface area contributed by atoms with Gasteiger partial charge in [0.2, 0.25) is 5.91 Å². The van der Waals surface area contributed by atoms with Crippen LogP contribution in [0.5, 0.6) is 5.75 Å². The molecule has 0 bridgehead atoms. The highest BCUT2D eigenvalue weighted by Gasteiger charge is 2.47. The number of aromatic hydroxyl groups is 1. The molecular formula is C32H46FN3O3. The molecule has 0 aliphatic carbocycles. The molecule has 39 heavy (non-hydrogen) atoms. The maximum absolute atomic E-state index is 14.9. The minimum Gasteiger partial charge on any atom is -0.508 e.